The van der Waals surface area contributed by atoms with E-state index in [9.17, 15) is 14.7 Å². The molecule has 2 N–H and O–H groups in total. The highest BCUT2D eigenvalue weighted by atomic mass is 32.1. The standard InChI is InChI=1S/C14H15NO3S/c16-13(15-7-10-2-1-5-19-10)11-8-3-4-9(6-8)12(11)14(17)18/h1-5,8-9,11-12H,6-7H2,(H,15,16)(H,17,18)/t8?,9?,11-,12+/m0/s1. The third-order valence-corrected chi connectivity index (χ3v) is 4.94. The molecule has 1 fully saturated rings. The van der Waals surface area contributed by atoms with Crippen LogP contribution in [0.3, 0.4) is 0 Å². The van der Waals surface area contributed by atoms with Crippen molar-refractivity contribution in [2.75, 3.05) is 0 Å². The molecule has 3 rings (SSSR count). The van der Waals surface area contributed by atoms with E-state index >= 15 is 0 Å². The van der Waals surface area contributed by atoms with E-state index in [1.54, 1.807) is 11.3 Å². The Balaban J connectivity index is 1.68. The minimum atomic E-state index is -0.854. The molecule has 0 radical (unpaired) electrons. The molecule has 19 heavy (non-hydrogen) atoms. The average Bonchev–Trinajstić information content (AvgIpc) is 3.10. The van der Waals surface area contributed by atoms with Gasteiger partial charge < -0.3 is 10.4 Å². The van der Waals surface area contributed by atoms with Crippen molar-refractivity contribution in [3.05, 3.63) is 34.5 Å². The molecule has 2 aliphatic rings. The van der Waals surface area contributed by atoms with Gasteiger partial charge in [0.15, 0.2) is 0 Å². The van der Waals surface area contributed by atoms with E-state index in [4.69, 9.17) is 0 Å². The Kier molecular flexibility index (Phi) is 3.14. The fraction of sp³-hybridized carbons (Fsp3) is 0.429. The zero-order valence-corrected chi connectivity index (χ0v) is 11.1. The molecule has 100 valence electrons. The van der Waals surface area contributed by atoms with Crippen molar-refractivity contribution in [2.24, 2.45) is 23.7 Å². The zero-order chi connectivity index (χ0) is 13.4. The fourth-order valence-electron chi connectivity index (χ4n) is 3.22. The lowest BCUT2D eigenvalue weighted by molar-refractivity contribution is -0.147. The number of nitrogens with one attached hydrogen (secondary N) is 1. The van der Waals surface area contributed by atoms with E-state index in [0.717, 1.165) is 11.3 Å². The van der Waals surface area contributed by atoms with Crippen molar-refractivity contribution >= 4 is 23.2 Å². The largest absolute Gasteiger partial charge is 0.481 e. The summed E-state index contributed by atoms with van der Waals surface area (Å²) in [6.45, 7) is 0.487. The summed E-state index contributed by atoms with van der Waals surface area (Å²) in [6.07, 6.45) is 4.75. The SMILES string of the molecule is O=C(O)[C@@H]1C2C=CC(C2)[C@@H]1C(=O)NCc1cccs1. The van der Waals surface area contributed by atoms with Gasteiger partial charge in [0.1, 0.15) is 0 Å². The van der Waals surface area contributed by atoms with Crippen LogP contribution < -0.4 is 5.32 Å². The first-order chi connectivity index (χ1) is 9.16. The van der Waals surface area contributed by atoms with E-state index in [2.05, 4.69) is 5.32 Å². The number of rotatable bonds is 4. The number of carbonyl (C=O) groups is 2. The molecule has 1 saturated carbocycles. The lowest BCUT2D eigenvalue weighted by atomic mass is 9.82. The van der Waals surface area contributed by atoms with E-state index in [1.165, 1.54) is 0 Å². The second-order valence-corrected chi connectivity index (χ2v) is 6.17. The Morgan fingerprint density at radius 3 is 2.68 bits per heavy atom. The van der Waals surface area contributed by atoms with Crippen molar-refractivity contribution in [1.29, 1.82) is 0 Å². The van der Waals surface area contributed by atoms with Crippen LogP contribution in [0.4, 0.5) is 0 Å². The van der Waals surface area contributed by atoms with Crippen LogP contribution in [0.2, 0.25) is 0 Å². The highest BCUT2D eigenvalue weighted by molar-refractivity contribution is 7.09. The third kappa shape index (κ3) is 2.18. The van der Waals surface area contributed by atoms with Crippen LogP contribution in [0.1, 0.15) is 11.3 Å². The van der Waals surface area contributed by atoms with Gasteiger partial charge in [-0.2, -0.15) is 0 Å². The summed E-state index contributed by atoms with van der Waals surface area (Å²) < 4.78 is 0. The summed E-state index contributed by atoms with van der Waals surface area (Å²) in [7, 11) is 0. The summed E-state index contributed by atoms with van der Waals surface area (Å²) in [4.78, 5) is 24.7. The van der Waals surface area contributed by atoms with Gasteiger partial charge in [-0.05, 0) is 29.7 Å². The molecule has 1 heterocycles. The lowest BCUT2D eigenvalue weighted by Crippen LogP contribution is -2.39. The van der Waals surface area contributed by atoms with Crippen LogP contribution in [0.25, 0.3) is 0 Å². The molecule has 1 aromatic rings. The van der Waals surface area contributed by atoms with Crippen LogP contribution in [0.15, 0.2) is 29.7 Å². The smallest absolute Gasteiger partial charge is 0.307 e. The Morgan fingerprint density at radius 2 is 2.05 bits per heavy atom. The fourth-order valence-corrected chi connectivity index (χ4v) is 3.87. The molecule has 2 bridgehead atoms. The van der Waals surface area contributed by atoms with Gasteiger partial charge in [-0.15, -0.1) is 11.3 Å². The summed E-state index contributed by atoms with van der Waals surface area (Å²) in [6, 6.07) is 3.90. The molecule has 4 nitrogen and oxygen atoms in total. The van der Waals surface area contributed by atoms with E-state index in [-0.39, 0.29) is 17.7 Å². The molecule has 1 aromatic heterocycles. The summed E-state index contributed by atoms with van der Waals surface area (Å²) >= 11 is 1.58. The Labute approximate surface area is 115 Å². The maximum atomic E-state index is 12.2. The Morgan fingerprint density at radius 1 is 1.32 bits per heavy atom. The molecule has 5 heteroatoms. The molecule has 0 aromatic carbocycles. The summed E-state index contributed by atoms with van der Waals surface area (Å²) in [5.41, 5.74) is 0. The van der Waals surface area contributed by atoms with Gasteiger partial charge in [-0.3, -0.25) is 9.59 Å². The highest BCUT2D eigenvalue weighted by Crippen LogP contribution is 2.48. The van der Waals surface area contributed by atoms with Gasteiger partial charge in [-0.25, -0.2) is 0 Å². The van der Waals surface area contributed by atoms with E-state index < -0.39 is 17.8 Å². The summed E-state index contributed by atoms with van der Waals surface area (Å²) in [5.74, 6) is -1.83. The van der Waals surface area contributed by atoms with Gasteiger partial charge in [-0.1, -0.05) is 18.2 Å². The van der Waals surface area contributed by atoms with Gasteiger partial charge >= 0.3 is 5.97 Å². The predicted molar refractivity (Wildman–Crippen MR) is 71.5 cm³/mol. The number of hydrogen-bond donors (Lipinski definition) is 2. The van der Waals surface area contributed by atoms with Gasteiger partial charge in [0.25, 0.3) is 0 Å². The molecule has 1 amide bonds. The van der Waals surface area contributed by atoms with Crippen molar-refractivity contribution in [1.82, 2.24) is 5.32 Å². The van der Waals surface area contributed by atoms with Crippen LogP contribution in [0.5, 0.6) is 0 Å². The number of thiophene rings is 1. The van der Waals surface area contributed by atoms with E-state index in [1.807, 2.05) is 29.7 Å². The van der Waals surface area contributed by atoms with Crippen LogP contribution in [-0.4, -0.2) is 17.0 Å². The zero-order valence-electron chi connectivity index (χ0n) is 10.3. The molecule has 0 saturated heterocycles. The number of carboxylic acid groups (broad SMARTS) is 1. The number of allylic oxidation sites excluding steroid dienone is 2. The second-order valence-electron chi connectivity index (χ2n) is 5.14. The molecular formula is C14H15NO3S. The summed E-state index contributed by atoms with van der Waals surface area (Å²) in [5, 5.41) is 14.1. The Bertz CT molecular complexity index is 523. The van der Waals surface area contributed by atoms with Gasteiger partial charge in [0.2, 0.25) is 5.91 Å². The predicted octanol–water partition coefficient (Wildman–Crippen LogP) is 1.89. The van der Waals surface area contributed by atoms with Crippen molar-refractivity contribution in [2.45, 2.75) is 13.0 Å². The number of amides is 1. The van der Waals surface area contributed by atoms with Crippen LogP contribution >= 0.6 is 11.3 Å². The first-order valence-corrected chi connectivity index (χ1v) is 7.26. The van der Waals surface area contributed by atoms with Crippen molar-refractivity contribution in [3.63, 3.8) is 0 Å². The topological polar surface area (TPSA) is 66.4 Å². The maximum absolute atomic E-state index is 12.2. The number of aliphatic carboxylic acids is 1. The highest BCUT2D eigenvalue weighted by Gasteiger charge is 2.51. The Hall–Kier alpha value is -1.62. The molecule has 2 aliphatic carbocycles. The number of hydrogen-bond acceptors (Lipinski definition) is 3. The number of fused-ring (bicyclic) bond motifs is 2. The van der Waals surface area contributed by atoms with Crippen LogP contribution in [0, 0.1) is 23.7 Å². The average molecular weight is 277 g/mol. The molecule has 2 unspecified atom stereocenters. The number of carbonyl (C=O) groups excluding carboxylic acids is 1. The minimum Gasteiger partial charge on any atom is -0.481 e. The first kappa shape index (κ1) is 12.4. The van der Waals surface area contributed by atoms with Crippen LogP contribution in [-0.2, 0) is 16.1 Å². The van der Waals surface area contributed by atoms with Gasteiger partial charge in [0, 0.05) is 4.88 Å². The molecular weight excluding hydrogens is 262 g/mol. The molecule has 0 aliphatic heterocycles. The third-order valence-electron chi connectivity index (χ3n) is 4.06. The number of carboxylic acids is 1. The maximum Gasteiger partial charge on any atom is 0.307 e. The monoisotopic (exact) mass is 277 g/mol. The van der Waals surface area contributed by atoms with E-state index in [0.29, 0.717) is 6.54 Å². The van der Waals surface area contributed by atoms with Gasteiger partial charge in [0.05, 0.1) is 18.4 Å². The van der Waals surface area contributed by atoms with Crippen molar-refractivity contribution < 1.29 is 14.7 Å². The minimum absolute atomic E-state index is 0.0278. The quantitative estimate of drug-likeness (QED) is 0.826. The molecule has 4 atom stereocenters. The lowest BCUT2D eigenvalue weighted by Gasteiger charge is -2.23. The van der Waals surface area contributed by atoms with Crippen molar-refractivity contribution in [3.8, 4) is 0 Å². The molecule has 0 spiro atoms. The normalized spacial score (nSPS) is 31.6. The second kappa shape index (κ2) is 4.81. The first-order valence-electron chi connectivity index (χ1n) is 6.38.